The fourth-order valence-electron chi connectivity index (χ4n) is 3.56. The number of fused-ring (bicyclic) bond motifs is 1. The number of amides is 2. The summed E-state index contributed by atoms with van der Waals surface area (Å²) in [5.74, 6) is 0.741. The van der Waals surface area contributed by atoms with Gasteiger partial charge in [-0.1, -0.05) is 0 Å². The lowest BCUT2D eigenvalue weighted by Crippen LogP contribution is -2.28. The molecule has 0 bridgehead atoms. The number of nitrogens with one attached hydrogen (secondary N) is 3. The molecule has 4 aromatic heterocycles. The summed E-state index contributed by atoms with van der Waals surface area (Å²) in [6.07, 6.45) is 6.44. The molecule has 0 aliphatic rings. The maximum Gasteiger partial charge on any atom is 0.321 e. The number of H-pyrrole nitrogens is 1. The maximum absolute atomic E-state index is 14.7. The minimum atomic E-state index is -0.481. The number of rotatable bonds is 6. The van der Waals surface area contributed by atoms with Gasteiger partial charge in [0.15, 0.2) is 0 Å². The third kappa shape index (κ3) is 4.76. The lowest BCUT2D eigenvalue weighted by molar-refractivity contribution is 0.252. The standard InChI is InChI=1S/C25H20FN7O2/c1-2-28-25(34)33-24-31-20-12-16(11-18(23(20)32-24)22-19(26)6-4-10-29-22)15-7-8-21(30-13-15)35-17-5-3-9-27-14-17/h3-14H,2H2,1H3,(H3,28,31,32,33,34). The molecule has 10 heteroatoms. The van der Waals surface area contributed by atoms with Gasteiger partial charge in [0.2, 0.25) is 11.8 Å². The number of hydrogen-bond donors (Lipinski definition) is 3. The average molecular weight is 469 g/mol. The second-order valence-electron chi connectivity index (χ2n) is 7.50. The van der Waals surface area contributed by atoms with E-state index in [-0.39, 0.29) is 11.6 Å². The van der Waals surface area contributed by atoms with Crippen LogP contribution in [0.25, 0.3) is 33.4 Å². The zero-order valence-electron chi connectivity index (χ0n) is 18.6. The Hall–Kier alpha value is -4.86. The van der Waals surface area contributed by atoms with E-state index in [1.807, 2.05) is 19.1 Å². The number of ether oxygens (including phenoxy) is 1. The van der Waals surface area contributed by atoms with Gasteiger partial charge in [-0.25, -0.2) is 19.2 Å². The number of aromatic nitrogens is 5. The van der Waals surface area contributed by atoms with Crippen molar-refractivity contribution in [3.63, 3.8) is 0 Å². The van der Waals surface area contributed by atoms with E-state index >= 15 is 0 Å². The van der Waals surface area contributed by atoms with E-state index in [1.54, 1.807) is 42.9 Å². The molecule has 174 valence electrons. The van der Waals surface area contributed by atoms with E-state index in [9.17, 15) is 9.18 Å². The second-order valence-corrected chi connectivity index (χ2v) is 7.50. The van der Waals surface area contributed by atoms with Crippen LogP contribution < -0.4 is 15.4 Å². The molecule has 0 aliphatic carbocycles. The highest BCUT2D eigenvalue weighted by atomic mass is 19.1. The third-order valence-electron chi connectivity index (χ3n) is 5.10. The molecule has 35 heavy (non-hydrogen) atoms. The molecule has 5 aromatic rings. The monoisotopic (exact) mass is 469 g/mol. The van der Waals surface area contributed by atoms with Gasteiger partial charge in [0.05, 0.1) is 11.7 Å². The van der Waals surface area contributed by atoms with Gasteiger partial charge >= 0.3 is 6.03 Å². The molecule has 9 nitrogen and oxygen atoms in total. The zero-order valence-corrected chi connectivity index (χ0v) is 18.6. The third-order valence-corrected chi connectivity index (χ3v) is 5.10. The second kappa shape index (κ2) is 9.56. The highest BCUT2D eigenvalue weighted by molar-refractivity contribution is 5.98. The first-order valence-electron chi connectivity index (χ1n) is 10.8. The molecule has 0 saturated heterocycles. The van der Waals surface area contributed by atoms with Crippen molar-refractivity contribution in [2.24, 2.45) is 0 Å². The number of urea groups is 1. The number of hydrogen-bond acceptors (Lipinski definition) is 6. The van der Waals surface area contributed by atoms with E-state index < -0.39 is 11.8 Å². The van der Waals surface area contributed by atoms with Crippen LogP contribution in [-0.2, 0) is 0 Å². The van der Waals surface area contributed by atoms with Gasteiger partial charge < -0.3 is 15.0 Å². The highest BCUT2D eigenvalue weighted by Crippen LogP contribution is 2.34. The molecule has 5 rings (SSSR count). The minimum absolute atomic E-state index is 0.153. The Bertz CT molecular complexity index is 1490. The van der Waals surface area contributed by atoms with Crippen LogP contribution in [0.3, 0.4) is 0 Å². The number of pyridine rings is 3. The number of imidazole rings is 1. The summed E-state index contributed by atoms with van der Waals surface area (Å²) in [6.45, 7) is 2.28. The summed E-state index contributed by atoms with van der Waals surface area (Å²) in [5, 5.41) is 5.30. The molecule has 4 heterocycles. The first-order chi connectivity index (χ1) is 17.1. The Labute approximate surface area is 199 Å². The lowest BCUT2D eigenvalue weighted by atomic mass is 10.0. The molecule has 0 fully saturated rings. The molecule has 0 spiro atoms. The van der Waals surface area contributed by atoms with Crippen molar-refractivity contribution in [2.45, 2.75) is 6.92 Å². The van der Waals surface area contributed by atoms with E-state index in [1.165, 1.54) is 18.3 Å². The van der Waals surface area contributed by atoms with Gasteiger partial charge in [-0.15, -0.1) is 0 Å². The van der Waals surface area contributed by atoms with Crippen molar-refractivity contribution in [1.82, 2.24) is 30.2 Å². The van der Waals surface area contributed by atoms with Gasteiger partial charge in [-0.3, -0.25) is 15.3 Å². The minimum Gasteiger partial charge on any atom is -0.437 e. The molecule has 1 aromatic carbocycles. The lowest BCUT2D eigenvalue weighted by Gasteiger charge is -2.09. The average Bonchev–Trinajstić information content (AvgIpc) is 3.27. The Kier molecular flexibility index (Phi) is 6.00. The number of halogens is 1. The van der Waals surface area contributed by atoms with Crippen molar-refractivity contribution in [2.75, 3.05) is 11.9 Å². The van der Waals surface area contributed by atoms with Crippen molar-refractivity contribution >= 4 is 23.0 Å². The summed E-state index contributed by atoms with van der Waals surface area (Å²) in [5.41, 5.74) is 3.24. The van der Waals surface area contributed by atoms with Crippen molar-refractivity contribution in [3.05, 3.63) is 79.1 Å². The molecule has 0 aliphatic heterocycles. The molecule has 3 N–H and O–H groups in total. The molecular formula is C25H20FN7O2. The number of carbonyl (C=O) groups excluding carboxylic acids is 1. The summed E-state index contributed by atoms with van der Waals surface area (Å²) < 4.78 is 20.4. The van der Waals surface area contributed by atoms with Gasteiger partial charge in [0, 0.05) is 42.3 Å². The smallest absolute Gasteiger partial charge is 0.321 e. The number of carbonyl (C=O) groups is 1. The number of aromatic amines is 1. The zero-order chi connectivity index (χ0) is 24.2. The van der Waals surface area contributed by atoms with E-state index in [4.69, 9.17) is 4.74 Å². The van der Waals surface area contributed by atoms with Crippen LogP contribution in [0.4, 0.5) is 15.1 Å². The Balaban J connectivity index is 1.55. The molecule has 0 atom stereocenters. The van der Waals surface area contributed by atoms with Gasteiger partial charge in [0.25, 0.3) is 0 Å². The summed E-state index contributed by atoms with van der Waals surface area (Å²) in [4.78, 5) is 32.2. The number of anilines is 1. The van der Waals surface area contributed by atoms with E-state index in [2.05, 4.69) is 35.6 Å². The Morgan fingerprint density at radius 2 is 1.94 bits per heavy atom. The van der Waals surface area contributed by atoms with Gasteiger partial charge in [0.1, 0.15) is 22.8 Å². The normalized spacial score (nSPS) is 10.8. The van der Waals surface area contributed by atoms with Crippen LogP contribution in [0.15, 0.2) is 73.3 Å². The Morgan fingerprint density at radius 1 is 1.06 bits per heavy atom. The molecule has 2 amide bonds. The Morgan fingerprint density at radius 3 is 2.69 bits per heavy atom. The summed E-state index contributed by atoms with van der Waals surface area (Å²) >= 11 is 0. The highest BCUT2D eigenvalue weighted by Gasteiger charge is 2.17. The van der Waals surface area contributed by atoms with Crippen molar-refractivity contribution < 1.29 is 13.9 Å². The van der Waals surface area contributed by atoms with Crippen LogP contribution in [0.1, 0.15) is 6.92 Å². The maximum atomic E-state index is 14.7. The first kappa shape index (κ1) is 22.0. The van der Waals surface area contributed by atoms with Crippen molar-refractivity contribution in [3.8, 4) is 34.0 Å². The fourth-order valence-corrected chi connectivity index (χ4v) is 3.56. The molecular weight excluding hydrogens is 449 g/mol. The van der Waals surface area contributed by atoms with E-state index in [0.29, 0.717) is 34.8 Å². The summed E-state index contributed by atoms with van der Waals surface area (Å²) in [6, 6.07) is 13.3. The quantitative estimate of drug-likeness (QED) is 0.316. The molecule has 0 unspecified atom stereocenters. The van der Waals surface area contributed by atoms with Crippen LogP contribution >= 0.6 is 0 Å². The number of benzene rings is 1. The first-order valence-corrected chi connectivity index (χ1v) is 10.8. The largest absolute Gasteiger partial charge is 0.437 e. The van der Waals surface area contributed by atoms with Crippen LogP contribution in [-0.4, -0.2) is 37.5 Å². The molecule has 0 radical (unpaired) electrons. The van der Waals surface area contributed by atoms with Crippen LogP contribution in [0, 0.1) is 5.82 Å². The fraction of sp³-hybridized carbons (Fsp3) is 0.0800. The SMILES string of the molecule is CCNC(=O)Nc1nc2c(-c3ncccc3F)cc(-c3ccc(Oc4cccnc4)nc3)cc2[nH]1. The molecule has 0 saturated carbocycles. The predicted octanol–water partition coefficient (Wildman–Crippen LogP) is 5.15. The van der Waals surface area contributed by atoms with Crippen LogP contribution in [0.5, 0.6) is 11.6 Å². The van der Waals surface area contributed by atoms with Gasteiger partial charge in [-0.2, -0.15) is 0 Å². The summed E-state index contributed by atoms with van der Waals surface area (Å²) in [7, 11) is 0. The van der Waals surface area contributed by atoms with Crippen molar-refractivity contribution in [1.29, 1.82) is 0 Å². The predicted molar refractivity (Wildman–Crippen MR) is 130 cm³/mol. The van der Waals surface area contributed by atoms with E-state index in [0.717, 1.165) is 11.1 Å². The topological polar surface area (TPSA) is 118 Å². The van der Waals surface area contributed by atoms with Gasteiger partial charge in [-0.05, 0) is 55.0 Å². The number of nitrogens with zero attached hydrogens (tertiary/aromatic N) is 4. The van der Waals surface area contributed by atoms with Crippen LogP contribution in [0.2, 0.25) is 0 Å².